The molecule has 1 saturated heterocycles. The van der Waals surface area contributed by atoms with E-state index in [0.717, 1.165) is 66.0 Å². The third kappa shape index (κ3) is 3.42. The van der Waals surface area contributed by atoms with Crippen LogP contribution in [-0.2, 0) is 24.1 Å². The SMILES string of the molecule is CCc1nc2sc3c(c2c2nnc(SCC(=O)N4CCCC[C@@H]4C)n12)CC[C@H](C)C3. The van der Waals surface area contributed by atoms with Crippen molar-refractivity contribution in [2.75, 3.05) is 12.3 Å². The number of amides is 1. The van der Waals surface area contributed by atoms with Crippen molar-refractivity contribution in [3.63, 3.8) is 0 Å². The Balaban J connectivity index is 1.49. The lowest BCUT2D eigenvalue weighted by atomic mass is 9.89. The zero-order valence-electron chi connectivity index (χ0n) is 18.0. The van der Waals surface area contributed by atoms with Gasteiger partial charge in [0.25, 0.3) is 0 Å². The number of fused-ring (bicyclic) bond motifs is 5. The first-order chi connectivity index (χ1) is 14.6. The molecular weight excluding hydrogens is 414 g/mol. The molecule has 2 atom stereocenters. The molecule has 4 heterocycles. The number of thiophene rings is 1. The molecule has 0 spiro atoms. The third-order valence-electron chi connectivity index (χ3n) is 6.60. The molecule has 1 amide bonds. The highest BCUT2D eigenvalue weighted by atomic mass is 32.2. The standard InChI is InChI=1S/C22H29N5OS2/c1-4-17-23-21-19(15-9-8-13(2)11-16(15)30-21)20-24-25-22(27(17)20)29-12-18(28)26-10-6-5-7-14(26)3/h13-14H,4-12H2,1-3H3/t13-,14-/m0/s1. The van der Waals surface area contributed by atoms with Gasteiger partial charge in [0.15, 0.2) is 10.8 Å². The Morgan fingerprint density at radius 3 is 2.90 bits per heavy atom. The van der Waals surface area contributed by atoms with Crippen molar-refractivity contribution in [1.29, 1.82) is 0 Å². The highest BCUT2D eigenvalue weighted by Gasteiger charge is 2.27. The van der Waals surface area contributed by atoms with Gasteiger partial charge in [-0.3, -0.25) is 9.20 Å². The summed E-state index contributed by atoms with van der Waals surface area (Å²) in [5, 5.41) is 11.1. The highest BCUT2D eigenvalue weighted by molar-refractivity contribution is 7.99. The molecule has 1 fully saturated rings. The van der Waals surface area contributed by atoms with Crippen LogP contribution in [0.1, 0.15) is 62.7 Å². The molecule has 0 radical (unpaired) electrons. The Hall–Kier alpha value is -1.67. The summed E-state index contributed by atoms with van der Waals surface area (Å²) in [6.07, 6.45) is 7.71. The van der Waals surface area contributed by atoms with E-state index in [-0.39, 0.29) is 5.91 Å². The highest BCUT2D eigenvalue weighted by Crippen LogP contribution is 2.39. The molecule has 1 aliphatic heterocycles. The average Bonchev–Trinajstić information content (AvgIpc) is 3.32. The Morgan fingerprint density at radius 1 is 1.23 bits per heavy atom. The molecule has 0 aromatic carbocycles. The summed E-state index contributed by atoms with van der Waals surface area (Å²) in [7, 11) is 0. The quantitative estimate of drug-likeness (QED) is 0.555. The molecule has 0 N–H and O–H groups in total. The molecule has 1 aliphatic carbocycles. The second kappa shape index (κ2) is 8.11. The largest absolute Gasteiger partial charge is 0.339 e. The molecule has 30 heavy (non-hydrogen) atoms. The maximum Gasteiger partial charge on any atom is 0.233 e. The maximum atomic E-state index is 12.8. The van der Waals surface area contributed by atoms with Crippen LogP contribution in [0, 0.1) is 5.92 Å². The van der Waals surface area contributed by atoms with E-state index in [9.17, 15) is 4.79 Å². The lowest BCUT2D eigenvalue weighted by Gasteiger charge is -2.33. The monoisotopic (exact) mass is 443 g/mol. The predicted octanol–water partition coefficient (Wildman–Crippen LogP) is 4.52. The number of rotatable bonds is 4. The number of piperidine rings is 1. The van der Waals surface area contributed by atoms with E-state index in [2.05, 4.69) is 35.4 Å². The Bertz CT molecular complexity index is 1100. The molecule has 0 unspecified atom stereocenters. The van der Waals surface area contributed by atoms with Gasteiger partial charge in [0.05, 0.1) is 11.1 Å². The normalized spacial score (nSPS) is 22.0. The maximum absolute atomic E-state index is 12.8. The van der Waals surface area contributed by atoms with Crippen molar-refractivity contribution in [3.05, 3.63) is 16.3 Å². The van der Waals surface area contributed by atoms with E-state index in [4.69, 9.17) is 4.98 Å². The molecule has 2 aliphatic rings. The number of carbonyl (C=O) groups is 1. The van der Waals surface area contributed by atoms with Gasteiger partial charge in [-0.2, -0.15) is 0 Å². The number of hydrogen-bond acceptors (Lipinski definition) is 6. The van der Waals surface area contributed by atoms with Crippen LogP contribution in [-0.4, -0.2) is 48.7 Å². The number of carbonyl (C=O) groups excluding carboxylic acids is 1. The molecule has 8 heteroatoms. The number of aromatic nitrogens is 4. The van der Waals surface area contributed by atoms with E-state index in [1.807, 2.05) is 16.2 Å². The van der Waals surface area contributed by atoms with Crippen molar-refractivity contribution < 1.29 is 4.79 Å². The number of aryl methyl sites for hydroxylation is 2. The second-order valence-electron chi connectivity index (χ2n) is 8.78. The van der Waals surface area contributed by atoms with Crippen LogP contribution in [0.4, 0.5) is 0 Å². The average molecular weight is 444 g/mol. The lowest BCUT2D eigenvalue weighted by molar-refractivity contribution is -0.131. The first kappa shape index (κ1) is 20.2. The van der Waals surface area contributed by atoms with Crippen molar-refractivity contribution in [2.24, 2.45) is 5.92 Å². The van der Waals surface area contributed by atoms with Crippen molar-refractivity contribution in [2.45, 2.75) is 76.9 Å². The van der Waals surface area contributed by atoms with Crippen LogP contribution in [0.5, 0.6) is 0 Å². The minimum atomic E-state index is 0.206. The predicted molar refractivity (Wildman–Crippen MR) is 122 cm³/mol. The molecule has 6 nitrogen and oxygen atoms in total. The van der Waals surface area contributed by atoms with Crippen LogP contribution in [0.25, 0.3) is 15.9 Å². The van der Waals surface area contributed by atoms with E-state index >= 15 is 0 Å². The van der Waals surface area contributed by atoms with Crippen molar-refractivity contribution in [3.8, 4) is 0 Å². The van der Waals surface area contributed by atoms with Gasteiger partial charge >= 0.3 is 0 Å². The van der Waals surface area contributed by atoms with Gasteiger partial charge in [-0.15, -0.1) is 21.5 Å². The number of thioether (sulfide) groups is 1. The van der Waals surface area contributed by atoms with E-state index in [1.54, 1.807) is 0 Å². The van der Waals surface area contributed by atoms with Crippen LogP contribution >= 0.6 is 23.1 Å². The number of likely N-dealkylation sites (tertiary alicyclic amines) is 1. The molecule has 3 aromatic heterocycles. The summed E-state index contributed by atoms with van der Waals surface area (Å²) in [4.78, 5) is 22.4. The minimum Gasteiger partial charge on any atom is -0.339 e. The van der Waals surface area contributed by atoms with Crippen LogP contribution in [0.3, 0.4) is 0 Å². The Morgan fingerprint density at radius 2 is 2.10 bits per heavy atom. The summed E-state index contributed by atoms with van der Waals surface area (Å²) >= 11 is 3.33. The molecule has 160 valence electrons. The topological polar surface area (TPSA) is 63.4 Å². The van der Waals surface area contributed by atoms with E-state index < -0.39 is 0 Å². The van der Waals surface area contributed by atoms with Crippen molar-refractivity contribution >= 4 is 44.9 Å². The first-order valence-corrected chi connectivity index (χ1v) is 13.0. The summed E-state index contributed by atoms with van der Waals surface area (Å²) < 4.78 is 2.10. The fourth-order valence-electron chi connectivity index (χ4n) is 4.89. The Kier molecular flexibility index (Phi) is 5.47. The van der Waals surface area contributed by atoms with Gasteiger partial charge in [0.1, 0.15) is 10.7 Å². The summed E-state index contributed by atoms with van der Waals surface area (Å²) in [5.41, 5.74) is 2.35. The van der Waals surface area contributed by atoms with Gasteiger partial charge in [0, 0.05) is 23.9 Å². The fraction of sp³-hybridized carbons (Fsp3) is 0.636. The molecule has 5 rings (SSSR count). The molecule has 3 aromatic rings. The lowest BCUT2D eigenvalue weighted by Crippen LogP contribution is -2.42. The summed E-state index contributed by atoms with van der Waals surface area (Å²) in [6, 6.07) is 0.342. The van der Waals surface area contributed by atoms with Gasteiger partial charge in [-0.1, -0.05) is 25.6 Å². The minimum absolute atomic E-state index is 0.206. The second-order valence-corrected chi connectivity index (χ2v) is 10.8. The van der Waals surface area contributed by atoms with Crippen LogP contribution in [0.2, 0.25) is 0 Å². The summed E-state index contributed by atoms with van der Waals surface area (Å²) in [6.45, 7) is 7.49. The van der Waals surface area contributed by atoms with Gasteiger partial charge in [0.2, 0.25) is 5.91 Å². The van der Waals surface area contributed by atoms with Gasteiger partial charge in [-0.05, 0) is 56.9 Å². The van der Waals surface area contributed by atoms with Crippen LogP contribution < -0.4 is 0 Å². The fourth-order valence-corrected chi connectivity index (χ4v) is 7.12. The van der Waals surface area contributed by atoms with Gasteiger partial charge in [-0.25, -0.2) is 4.98 Å². The van der Waals surface area contributed by atoms with E-state index in [0.29, 0.717) is 11.8 Å². The summed E-state index contributed by atoms with van der Waals surface area (Å²) in [5.74, 6) is 2.33. The van der Waals surface area contributed by atoms with Gasteiger partial charge < -0.3 is 4.90 Å². The molecule has 0 bridgehead atoms. The zero-order valence-corrected chi connectivity index (χ0v) is 19.6. The number of nitrogens with zero attached hydrogens (tertiary/aromatic N) is 5. The smallest absolute Gasteiger partial charge is 0.233 e. The van der Waals surface area contributed by atoms with E-state index in [1.165, 1.54) is 40.4 Å². The Labute approximate surface area is 185 Å². The zero-order chi connectivity index (χ0) is 20.8. The van der Waals surface area contributed by atoms with Crippen molar-refractivity contribution in [1.82, 2.24) is 24.5 Å². The first-order valence-electron chi connectivity index (χ1n) is 11.2. The molecular formula is C22H29N5OS2. The van der Waals surface area contributed by atoms with Crippen LogP contribution in [0.15, 0.2) is 5.16 Å². The third-order valence-corrected chi connectivity index (χ3v) is 8.67. The molecule has 0 saturated carbocycles. The number of hydrogen-bond donors (Lipinski definition) is 0.